The molecule has 0 bridgehead atoms. The standard InChI is InChI=1S/C52H61FN6O8Si/c1-32-25-33(14-16-36(32)37-11-9-12-38-40(37)30-57(49(38)62)43-18-19-47(60)58(50(43)63)31-65-23-24-68(6,7)8)20-22-66-35-15-17-39(41(53)27-35)48(61)55-46-28-44-34(29-54-46)26-45(42-13-10-21-56(42)5)59(44)51(64)67-52(2,3)4/h9,11-12,14-17,25-29,42-43H,10,13,18-24,30-31H2,1-8H3,(H,54,55,61)/t42-,43?/m1/s1. The van der Waals surface area contributed by atoms with E-state index in [2.05, 4.69) is 40.9 Å². The molecule has 3 aliphatic heterocycles. The smallest absolute Gasteiger partial charge is 0.419 e. The van der Waals surface area contributed by atoms with Gasteiger partial charge in [0.1, 0.15) is 35.8 Å². The van der Waals surface area contributed by atoms with Gasteiger partial charge in [-0.1, -0.05) is 50.0 Å². The van der Waals surface area contributed by atoms with E-state index in [1.165, 1.54) is 12.1 Å². The number of benzene rings is 3. The van der Waals surface area contributed by atoms with Crippen LogP contribution in [0, 0.1) is 12.7 Å². The highest BCUT2D eigenvalue weighted by Gasteiger charge is 2.43. The molecule has 5 heterocycles. The number of nitrogens with one attached hydrogen (secondary N) is 1. The molecule has 16 heteroatoms. The molecule has 2 fully saturated rings. The number of hydrogen-bond donors (Lipinski definition) is 1. The van der Waals surface area contributed by atoms with Crippen LogP contribution in [0.15, 0.2) is 72.9 Å². The summed E-state index contributed by atoms with van der Waals surface area (Å²) < 4.78 is 34.6. The van der Waals surface area contributed by atoms with Crippen LogP contribution in [-0.2, 0) is 32.0 Å². The molecule has 3 aromatic carbocycles. The predicted octanol–water partition coefficient (Wildman–Crippen LogP) is 9.36. The van der Waals surface area contributed by atoms with Crippen LogP contribution in [0.25, 0.3) is 22.0 Å². The van der Waals surface area contributed by atoms with Crippen molar-refractivity contribution < 1.29 is 42.6 Å². The first kappa shape index (κ1) is 48.2. The second-order valence-corrected chi connectivity index (χ2v) is 25.9. The van der Waals surface area contributed by atoms with Gasteiger partial charge < -0.3 is 24.4 Å². The molecule has 2 aromatic heterocycles. The molecule has 4 amide bonds. The maximum Gasteiger partial charge on any atom is 0.419 e. The average Bonchev–Trinajstić information content (AvgIpc) is 3.96. The SMILES string of the molecule is Cc1cc(CCOc2ccc(C(=O)Nc3cc4c(cn3)cc([C@H]3CCCN3C)n4C(=O)OC(C)(C)C)c(F)c2)ccc1-c1cccc2c1CN(C1CCC(=O)N(COCC[Si](C)(C)C)C1=O)C2=O. The van der Waals surface area contributed by atoms with Crippen LogP contribution in [0.5, 0.6) is 5.75 Å². The van der Waals surface area contributed by atoms with E-state index < -0.39 is 43.4 Å². The van der Waals surface area contributed by atoms with Gasteiger partial charge in [-0.25, -0.2) is 18.7 Å². The number of aryl methyl sites for hydroxylation is 1. The molecule has 358 valence electrons. The molecule has 68 heavy (non-hydrogen) atoms. The van der Waals surface area contributed by atoms with E-state index in [1.54, 1.807) is 33.9 Å². The first-order valence-electron chi connectivity index (χ1n) is 23.4. The van der Waals surface area contributed by atoms with Crippen LogP contribution >= 0.6 is 0 Å². The summed E-state index contributed by atoms with van der Waals surface area (Å²) in [5.41, 5.74) is 5.59. The minimum atomic E-state index is -1.35. The Labute approximate surface area is 397 Å². The van der Waals surface area contributed by atoms with E-state index in [0.717, 1.165) is 63.8 Å². The molecule has 0 aliphatic carbocycles. The number of aromatic nitrogens is 2. The van der Waals surface area contributed by atoms with Gasteiger partial charge in [-0.2, -0.15) is 0 Å². The molecule has 8 rings (SSSR count). The average molecular weight is 945 g/mol. The number of carbonyl (C=O) groups is 5. The number of hydrogen-bond acceptors (Lipinski definition) is 10. The Morgan fingerprint density at radius 2 is 1.71 bits per heavy atom. The van der Waals surface area contributed by atoms with Crippen molar-refractivity contribution in [3.63, 3.8) is 0 Å². The molecule has 2 atom stereocenters. The summed E-state index contributed by atoms with van der Waals surface area (Å²) in [4.78, 5) is 76.6. The summed E-state index contributed by atoms with van der Waals surface area (Å²) in [6.07, 6.45) is 3.89. The lowest BCUT2D eigenvalue weighted by atomic mass is 9.92. The highest BCUT2D eigenvalue weighted by molar-refractivity contribution is 6.76. The number of rotatable bonds is 14. The van der Waals surface area contributed by atoms with Crippen molar-refractivity contribution in [2.24, 2.45) is 0 Å². The van der Waals surface area contributed by atoms with Crippen molar-refractivity contribution in [3.8, 4) is 16.9 Å². The van der Waals surface area contributed by atoms with Crippen molar-refractivity contribution in [2.75, 3.05) is 38.9 Å². The molecular formula is C52H61FN6O8Si. The Kier molecular flexibility index (Phi) is 13.8. The number of halogens is 1. The number of imide groups is 1. The monoisotopic (exact) mass is 944 g/mol. The van der Waals surface area contributed by atoms with Crippen LogP contribution in [-0.4, -0.2) is 107 Å². The molecule has 5 aromatic rings. The van der Waals surface area contributed by atoms with Crippen LogP contribution in [0.1, 0.15) is 95.6 Å². The fourth-order valence-corrected chi connectivity index (χ4v) is 10.1. The van der Waals surface area contributed by atoms with Crippen molar-refractivity contribution >= 4 is 54.5 Å². The lowest BCUT2D eigenvalue weighted by Crippen LogP contribution is -2.55. The number of piperidine rings is 1. The van der Waals surface area contributed by atoms with Crippen molar-refractivity contribution in [3.05, 3.63) is 112 Å². The van der Waals surface area contributed by atoms with E-state index in [1.807, 2.05) is 65.1 Å². The fraction of sp³-hybridized carbons (Fsp3) is 0.423. The van der Waals surface area contributed by atoms with Gasteiger partial charge in [0.15, 0.2) is 0 Å². The maximum atomic E-state index is 15.5. The van der Waals surface area contributed by atoms with Gasteiger partial charge >= 0.3 is 6.09 Å². The summed E-state index contributed by atoms with van der Waals surface area (Å²) in [6, 6.07) is 19.5. The topological polar surface area (TPSA) is 153 Å². The summed E-state index contributed by atoms with van der Waals surface area (Å²) in [5, 5.41) is 3.40. The zero-order valence-corrected chi connectivity index (χ0v) is 41.2. The quantitative estimate of drug-likeness (QED) is 0.0648. The number of fused-ring (bicyclic) bond motifs is 2. The lowest BCUT2D eigenvalue weighted by molar-refractivity contribution is -0.158. The molecule has 2 saturated heterocycles. The van der Waals surface area contributed by atoms with Gasteiger partial charge in [-0.3, -0.25) is 29.0 Å². The molecule has 0 spiro atoms. The molecule has 3 aliphatic rings. The number of pyridine rings is 1. The minimum absolute atomic E-state index is 0.0102. The van der Waals surface area contributed by atoms with E-state index in [0.29, 0.717) is 29.5 Å². The third-order valence-electron chi connectivity index (χ3n) is 12.9. The normalized spacial score (nSPS) is 17.9. The molecule has 0 radical (unpaired) electrons. The number of nitrogens with zero attached hydrogens (tertiary/aromatic N) is 5. The number of carbonyl (C=O) groups excluding carboxylic acids is 5. The van der Waals surface area contributed by atoms with Gasteiger partial charge in [0.2, 0.25) is 5.91 Å². The first-order valence-corrected chi connectivity index (χ1v) is 27.1. The van der Waals surface area contributed by atoms with Gasteiger partial charge in [0.05, 0.1) is 23.7 Å². The Morgan fingerprint density at radius 3 is 2.41 bits per heavy atom. The number of likely N-dealkylation sites (tertiary alicyclic amines) is 2. The van der Waals surface area contributed by atoms with Gasteiger partial charge in [0.25, 0.3) is 17.7 Å². The summed E-state index contributed by atoms with van der Waals surface area (Å²) >= 11 is 0. The Bertz CT molecular complexity index is 2800. The number of anilines is 1. The van der Waals surface area contributed by atoms with Crippen LogP contribution in [0.3, 0.4) is 0 Å². The third-order valence-corrected chi connectivity index (χ3v) is 14.6. The molecular weight excluding hydrogens is 884 g/mol. The minimum Gasteiger partial charge on any atom is -0.493 e. The Hall–Kier alpha value is -6.23. The van der Waals surface area contributed by atoms with Crippen LogP contribution in [0.4, 0.5) is 15.0 Å². The second kappa shape index (κ2) is 19.4. The van der Waals surface area contributed by atoms with Gasteiger partial charge in [-0.15, -0.1) is 0 Å². The largest absolute Gasteiger partial charge is 0.493 e. The predicted molar refractivity (Wildman–Crippen MR) is 260 cm³/mol. The zero-order valence-electron chi connectivity index (χ0n) is 40.2. The van der Waals surface area contributed by atoms with Crippen molar-refractivity contribution in [1.29, 1.82) is 0 Å². The maximum absolute atomic E-state index is 15.5. The highest BCUT2D eigenvalue weighted by Crippen LogP contribution is 2.38. The van der Waals surface area contributed by atoms with E-state index in [9.17, 15) is 24.0 Å². The zero-order chi connectivity index (χ0) is 48.7. The van der Waals surface area contributed by atoms with Crippen molar-refractivity contribution in [2.45, 2.75) is 110 Å². The van der Waals surface area contributed by atoms with Crippen molar-refractivity contribution in [1.82, 2.24) is 24.3 Å². The fourth-order valence-electron chi connectivity index (χ4n) is 9.29. The molecule has 1 unspecified atom stereocenters. The molecule has 0 saturated carbocycles. The van der Waals surface area contributed by atoms with Crippen LogP contribution in [0.2, 0.25) is 25.7 Å². The van der Waals surface area contributed by atoms with Crippen LogP contribution < -0.4 is 10.1 Å². The highest BCUT2D eigenvalue weighted by atomic mass is 28.3. The van der Waals surface area contributed by atoms with Gasteiger partial charge in [0, 0.05) is 69.0 Å². The van der Waals surface area contributed by atoms with E-state index in [-0.39, 0.29) is 67.7 Å². The Balaban J connectivity index is 0.890. The lowest BCUT2D eigenvalue weighted by Gasteiger charge is -2.35. The molecule has 1 N–H and O–H groups in total. The number of ether oxygens (including phenoxy) is 3. The first-order chi connectivity index (χ1) is 32.3. The number of amides is 4. The molecule has 14 nitrogen and oxygen atoms in total. The summed E-state index contributed by atoms with van der Waals surface area (Å²) in [5.74, 6) is -1.97. The van der Waals surface area contributed by atoms with Gasteiger partial charge in [-0.05, 0) is 119 Å². The van der Waals surface area contributed by atoms with E-state index in [4.69, 9.17) is 14.2 Å². The summed E-state index contributed by atoms with van der Waals surface area (Å²) in [7, 11) is 0.673. The third kappa shape index (κ3) is 10.4. The van der Waals surface area contributed by atoms with E-state index >= 15 is 4.39 Å². The summed E-state index contributed by atoms with van der Waals surface area (Å²) in [6.45, 7) is 15.9. The Morgan fingerprint density at radius 1 is 0.926 bits per heavy atom. The second-order valence-electron chi connectivity index (χ2n) is 20.3.